The maximum absolute atomic E-state index is 5.65. The molecule has 0 atom stereocenters. The van der Waals surface area contributed by atoms with E-state index in [0.29, 0.717) is 6.54 Å². The molecule has 0 saturated carbocycles. The average molecular weight is 334 g/mol. The number of rotatable bonds is 5. The Morgan fingerprint density at radius 1 is 1.20 bits per heavy atom. The smallest absolute Gasteiger partial charge is 0.0547 e. The molecule has 0 bridgehead atoms. The Hall–Kier alpha value is -1.23. The summed E-state index contributed by atoms with van der Waals surface area (Å²) in [6, 6.07) is 12.4. The molecule has 2 rings (SSSR count). The number of benzene rings is 1. The lowest BCUT2D eigenvalue weighted by Crippen LogP contribution is -2.18. The summed E-state index contributed by atoms with van der Waals surface area (Å²) in [7, 11) is 2.10. The molecule has 2 aromatic rings. The molecule has 0 amide bonds. The van der Waals surface area contributed by atoms with Gasteiger partial charge in [0, 0.05) is 29.8 Å². The molecule has 0 unspecified atom stereocenters. The van der Waals surface area contributed by atoms with Gasteiger partial charge in [0.05, 0.1) is 5.69 Å². The van der Waals surface area contributed by atoms with Crippen LogP contribution in [0.2, 0.25) is 0 Å². The van der Waals surface area contributed by atoms with Gasteiger partial charge in [-0.05, 0) is 43.3 Å². The molecule has 2 N–H and O–H groups in total. The predicted molar refractivity (Wildman–Crippen MR) is 86.2 cm³/mol. The molecule has 1 aromatic heterocycles. The highest BCUT2D eigenvalue weighted by Gasteiger charge is 2.06. The van der Waals surface area contributed by atoms with Crippen molar-refractivity contribution in [2.75, 3.05) is 7.05 Å². The first kappa shape index (κ1) is 15.2. The Bertz CT molecular complexity index is 584. The molecule has 0 aliphatic heterocycles. The van der Waals surface area contributed by atoms with Gasteiger partial charge in [-0.2, -0.15) is 0 Å². The highest BCUT2D eigenvalue weighted by atomic mass is 79.9. The first-order valence-corrected chi connectivity index (χ1v) is 7.46. The molecule has 0 fully saturated rings. The summed E-state index contributed by atoms with van der Waals surface area (Å²) in [4.78, 5) is 6.79. The SMILES string of the molecule is Cc1cccc(CN(C)Cc2ccc(CN)cc2Br)n1. The zero-order chi connectivity index (χ0) is 14.5. The minimum absolute atomic E-state index is 0.571. The maximum Gasteiger partial charge on any atom is 0.0547 e. The molecule has 106 valence electrons. The second-order valence-electron chi connectivity index (χ2n) is 5.07. The van der Waals surface area contributed by atoms with Crippen LogP contribution in [0.4, 0.5) is 0 Å². The van der Waals surface area contributed by atoms with Gasteiger partial charge in [-0.25, -0.2) is 0 Å². The second kappa shape index (κ2) is 6.97. The second-order valence-corrected chi connectivity index (χ2v) is 5.93. The van der Waals surface area contributed by atoms with Crippen molar-refractivity contribution < 1.29 is 0 Å². The maximum atomic E-state index is 5.65. The van der Waals surface area contributed by atoms with Crippen LogP contribution in [-0.4, -0.2) is 16.9 Å². The minimum Gasteiger partial charge on any atom is -0.326 e. The first-order valence-electron chi connectivity index (χ1n) is 6.67. The summed E-state index contributed by atoms with van der Waals surface area (Å²) < 4.78 is 1.12. The molecule has 0 saturated heterocycles. The van der Waals surface area contributed by atoms with E-state index >= 15 is 0 Å². The van der Waals surface area contributed by atoms with Crippen LogP contribution in [0.25, 0.3) is 0 Å². The van der Waals surface area contributed by atoms with Gasteiger partial charge in [-0.1, -0.05) is 34.1 Å². The van der Waals surface area contributed by atoms with E-state index in [1.54, 1.807) is 0 Å². The average Bonchev–Trinajstić information content (AvgIpc) is 2.41. The Morgan fingerprint density at radius 2 is 2.00 bits per heavy atom. The molecule has 0 spiro atoms. The van der Waals surface area contributed by atoms with Crippen molar-refractivity contribution in [2.45, 2.75) is 26.6 Å². The van der Waals surface area contributed by atoms with Crippen LogP contribution in [0.1, 0.15) is 22.5 Å². The molecule has 1 heterocycles. The number of pyridine rings is 1. The van der Waals surface area contributed by atoms with Gasteiger partial charge in [0.2, 0.25) is 0 Å². The van der Waals surface area contributed by atoms with Gasteiger partial charge in [-0.15, -0.1) is 0 Å². The van der Waals surface area contributed by atoms with Crippen LogP contribution in [-0.2, 0) is 19.6 Å². The number of nitrogens with two attached hydrogens (primary N) is 1. The van der Waals surface area contributed by atoms with Gasteiger partial charge >= 0.3 is 0 Å². The zero-order valence-electron chi connectivity index (χ0n) is 11.9. The lowest BCUT2D eigenvalue weighted by atomic mass is 10.1. The molecule has 0 radical (unpaired) electrons. The summed E-state index contributed by atoms with van der Waals surface area (Å²) in [5.41, 5.74) is 10.2. The van der Waals surface area contributed by atoms with Gasteiger partial charge < -0.3 is 5.73 Å². The molecular formula is C16H20BrN3. The molecule has 3 nitrogen and oxygen atoms in total. The Balaban J connectivity index is 2.02. The highest BCUT2D eigenvalue weighted by Crippen LogP contribution is 2.20. The third-order valence-electron chi connectivity index (χ3n) is 3.17. The fraction of sp³-hybridized carbons (Fsp3) is 0.312. The fourth-order valence-electron chi connectivity index (χ4n) is 2.16. The van der Waals surface area contributed by atoms with E-state index in [4.69, 9.17) is 5.73 Å². The van der Waals surface area contributed by atoms with Crippen LogP contribution in [0.5, 0.6) is 0 Å². The lowest BCUT2D eigenvalue weighted by molar-refractivity contribution is 0.314. The Kier molecular flexibility index (Phi) is 5.29. The molecule has 20 heavy (non-hydrogen) atoms. The van der Waals surface area contributed by atoms with E-state index in [0.717, 1.165) is 34.5 Å². The van der Waals surface area contributed by atoms with E-state index in [-0.39, 0.29) is 0 Å². The number of halogens is 1. The van der Waals surface area contributed by atoms with Crippen molar-refractivity contribution in [2.24, 2.45) is 5.73 Å². The molecule has 4 heteroatoms. The van der Waals surface area contributed by atoms with Crippen molar-refractivity contribution in [1.29, 1.82) is 0 Å². The van der Waals surface area contributed by atoms with Crippen LogP contribution in [0, 0.1) is 6.92 Å². The van der Waals surface area contributed by atoms with Crippen molar-refractivity contribution in [3.05, 3.63) is 63.4 Å². The number of hydrogen-bond acceptors (Lipinski definition) is 3. The third-order valence-corrected chi connectivity index (χ3v) is 3.91. The molecule has 1 aromatic carbocycles. The molecule has 0 aliphatic carbocycles. The monoisotopic (exact) mass is 333 g/mol. The summed E-state index contributed by atoms with van der Waals surface area (Å²) in [5, 5.41) is 0. The topological polar surface area (TPSA) is 42.1 Å². The number of hydrogen-bond donors (Lipinski definition) is 1. The van der Waals surface area contributed by atoms with Crippen LogP contribution in [0.3, 0.4) is 0 Å². The standard InChI is InChI=1S/C16H20BrN3/c1-12-4-3-5-15(19-12)11-20(2)10-14-7-6-13(9-18)8-16(14)17/h3-8H,9-11,18H2,1-2H3. The van der Waals surface area contributed by atoms with Crippen LogP contribution in [0.15, 0.2) is 40.9 Å². The van der Waals surface area contributed by atoms with Crippen molar-refractivity contribution >= 4 is 15.9 Å². The lowest BCUT2D eigenvalue weighted by Gasteiger charge is -2.17. The quantitative estimate of drug-likeness (QED) is 0.913. The van der Waals surface area contributed by atoms with Gasteiger partial charge in [-0.3, -0.25) is 9.88 Å². The van der Waals surface area contributed by atoms with Crippen LogP contribution >= 0.6 is 15.9 Å². The van der Waals surface area contributed by atoms with E-state index < -0.39 is 0 Å². The third kappa shape index (κ3) is 4.13. The van der Waals surface area contributed by atoms with E-state index in [1.165, 1.54) is 5.56 Å². The van der Waals surface area contributed by atoms with E-state index in [2.05, 4.69) is 63.2 Å². The van der Waals surface area contributed by atoms with Gasteiger partial charge in [0.25, 0.3) is 0 Å². The fourth-order valence-corrected chi connectivity index (χ4v) is 2.71. The zero-order valence-corrected chi connectivity index (χ0v) is 13.5. The van der Waals surface area contributed by atoms with Crippen LogP contribution < -0.4 is 5.73 Å². The van der Waals surface area contributed by atoms with E-state index in [1.807, 2.05) is 13.0 Å². The summed E-state index contributed by atoms with van der Waals surface area (Å²) in [6.07, 6.45) is 0. The summed E-state index contributed by atoms with van der Waals surface area (Å²) >= 11 is 3.62. The largest absolute Gasteiger partial charge is 0.326 e. The van der Waals surface area contributed by atoms with Gasteiger partial charge in [0.15, 0.2) is 0 Å². The summed E-state index contributed by atoms with van der Waals surface area (Å²) in [6.45, 7) is 4.31. The number of aryl methyl sites for hydroxylation is 1. The summed E-state index contributed by atoms with van der Waals surface area (Å²) in [5.74, 6) is 0. The predicted octanol–water partition coefficient (Wildman–Crippen LogP) is 3.24. The highest BCUT2D eigenvalue weighted by molar-refractivity contribution is 9.10. The Morgan fingerprint density at radius 3 is 2.65 bits per heavy atom. The van der Waals surface area contributed by atoms with Crippen molar-refractivity contribution in [1.82, 2.24) is 9.88 Å². The minimum atomic E-state index is 0.571. The number of nitrogens with zero attached hydrogens (tertiary/aromatic N) is 2. The molecule has 0 aliphatic rings. The van der Waals surface area contributed by atoms with Crippen molar-refractivity contribution in [3.63, 3.8) is 0 Å². The first-order chi connectivity index (χ1) is 9.58. The van der Waals surface area contributed by atoms with E-state index in [9.17, 15) is 0 Å². The normalized spacial score (nSPS) is 11.1. The number of aromatic nitrogens is 1. The van der Waals surface area contributed by atoms with Crippen molar-refractivity contribution in [3.8, 4) is 0 Å². The molecular weight excluding hydrogens is 314 g/mol. The van der Waals surface area contributed by atoms with Gasteiger partial charge in [0.1, 0.15) is 0 Å². The Labute approximate surface area is 129 Å².